The molecule has 0 aliphatic carbocycles. The van der Waals surface area contributed by atoms with Crippen molar-refractivity contribution in [2.24, 2.45) is 5.10 Å². The zero-order chi connectivity index (χ0) is 18.7. The number of benzene rings is 2. The second-order valence-corrected chi connectivity index (χ2v) is 6.63. The lowest BCUT2D eigenvalue weighted by Crippen LogP contribution is -2.32. The second-order valence-electron chi connectivity index (χ2n) is 5.34. The number of aryl methyl sites for hydroxylation is 1. The summed E-state index contributed by atoms with van der Waals surface area (Å²) < 4.78 is 11.2. The van der Waals surface area contributed by atoms with Crippen LogP contribution in [0.5, 0.6) is 11.5 Å². The van der Waals surface area contributed by atoms with Crippen LogP contribution in [0.25, 0.3) is 0 Å². The molecule has 134 valence electrons. The number of nitrogens with zero attached hydrogens (tertiary/aromatic N) is 1. The van der Waals surface area contributed by atoms with E-state index in [1.807, 2.05) is 0 Å². The molecule has 9 heteroatoms. The molecule has 0 unspecified atom stereocenters. The Balaban J connectivity index is 1.62. The summed E-state index contributed by atoms with van der Waals surface area (Å²) in [6, 6.07) is 8.44. The van der Waals surface area contributed by atoms with Crippen molar-refractivity contribution in [3.63, 3.8) is 0 Å². The Morgan fingerprint density at radius 1 is 1.19 bits per heavy atom. The largest absolute Gasteiger partial charge is 0.454 e. The Hall–Kier alpha value is -2.58. The lowest BCUT2D eigenvalue weighted by molar-refractivity contribution is -0.136. The van der Waals surface area contributed by atoms with Crippen LogP contribution in [-0.4, -0.2) is 24.8 Å². The predicted octanol–water partition coefficient (Wildman–Crippen LogP) is 3.23. The number of halogens is 2. The van der Waals surface area contributed by atoms with E-state index in [0.29, 0.717) is 32.2 Å². The van der Waals surface area contributed by atoms with Crippen molar-refractivity contribution in [3.8, 4) is 11.5 Å². The molecule has 2 N–H and O–H groups in total. The van der Waals surface area contributed by atoms with Gasteiger partial charge in [-0.2, -0.15) is 5.10 Å². The molecule has 0 saturated carbocycles. The van der Waals surface area contributed by atoms with Crippen LogP contribution in [0.3, 0.4) is 0 Å². The summed E-state index contributed by atoms with van der Waals surface area (Å²) in [5, 5.41) is 6.74. The number of fused-ring (bicyclic) bond motifs is 1. The van der Waals surface area contributed by atoms with Crippen LogP contribution in [0, 0.1) is 6.92 Å². The van der Waals surface area contributed by atoms with Crippen LogP contribution in [0.1, 0.15) is 11.1 Å². The summed E-state index contributed by atoms with van der Waals surface area (Å²) >= 11 is 9.26. The van der Waals surface area contributed by atoms with Crippen molar-refractivity contribution in [2.75, 3.05) is 12.1 Å². The minimum absolute atomic E-state index is 0.155. The molecule has 2 aromatic rings. The van der Waals surface area contributed by atoms with E-state index < -0.39 is 11.8 Å². The molecule has 2 amide bonds. The summed E-state index contributed by atoms with van der Waals surface area (Å²) in [6.07, 6.45) is 1.39. The molecule has 0 fully saturated rings. The first-order chi connectivity index (χ1) is 12.4. The molecule has 0 radical (unpaired) electrons. The minimum Gasteiger partial charge on any atom is -0.454 e. The normalized spacial score (nSPS) is 12.3. The minimum atomic E-state index is -0.905. The number of ether oxygens (including phenoxy) is 2. The number of carbonyl (C=O) groups is 2. The highest BCUT2D eigenvalue weighted by Crippen LogP contribution is 2.36. The zero-order valence-electron chi connectivity index (χ0n) is 13.5. The molecule has 1 aliphatic heterocycles. The molecule has 0 aromatic heterocycles. The summed E-state index contributed by atoms with van der Waals surface area (Å²) in [5.41, 5.74) is 4.07. The molecule has 1 aliphatic rings. The van der Waals surface area contributed by atoms with Gasteiger partial charge < -0.3 is 14.8 Å². The number of amides is 2. The fraction of sp³-hybridized carbons (Fsp3) is 0.118. The first kappa shape index (κ1) is 18.2. The zero-order valence-corrected chi connectivity index (χ0v) is 15.8. The monoisotopic (exact) mass is 437 g/mol. The van der Waals surface area contributed by atoms with Crippen molar-refractivity contribution >= 4 is 51.2 Å². The van der Waals surface area contributed by atoms with Crippen LogP contribution < -0.4 is 20.2 Å². The Bertz CT molecular complexity index is 917. The highest BCUT2D eigenvalue weighted by molar-refractivity contribution is 9.10. The molecule has 7 nitrogen and oxygen atoms in total. The van der Waals surface area contributed by atoms with E-state index in [4.69, 9.17) is 21.1 Å². The summed E-state index contributed by atoms with van der Waals surface area (Å²) in [7, 11) is 0. The fourth-order valence-corrected chi connectivity index (χ4v) is 2.75. The quantitative estimate of drug-likeness (QED) is 0.437. The van der Waals surface area contributed by atoms with Gasteiger partial charge in [-0.1, -0.05) is 17.7 Å². The first-order valence-corrected chi connectivity index (χ1v) is 8.61. The van der Waals surface area contributed by atoms with Gasteiger partial charge >= 0.3 is 11.8 Å². The van der Waals surface area contributed by atoms with Gasteiger partial charge in [0.1, 0.15) is 0 Å². The summed E-state index contributed by atoms with van der Waals surface area (Å²) in [5.74, 6) is -0.556. The number of rotatable bonds is 3. The number of carbonyl (C=O) groups excluding carboxylic acids is 2. The van der Waals surface area contributed by atoms with E-state index in [0.717, 1.165) is 5.56 Å². The average molecular weight is 439 g/mol. The molecular weight excluding hydrogens is 426 g/mol. The molecule has 1 heterocycles. The van der Waals surface area contributed by atoms with Gasteiger partial charge in [-0.25, -0.2) is 5.43 Å². The van der Waals surface area contributed by atoms with Crippen LogP contribution in [0.2, 0.25) is 5.02 Å². The maximum atomic E-state index is 12.0. The molecule has 0 atom stereocenters. The third kappa shape index (κ3) is 4.14. The topological polar surface area (TPSA) is 89.0 Å². The van der Waals surface area contributed by atoms with Crippen molar-refractivity contribution in [3.05, 3.63) is 51.0 Å². The van der Waals surface area contributed by atoms with E-state index in [1.54, 1.807) is 37.3 Å². The van der Waals surface area contributed by atoms with Gasteiger partial charge in [0.15, 0.2) is 11.5 Å². The predicted molar refractivity (Wildman–Crippen MR) is 101 cm³/mol. The molecule has 26 heavy (non-hydrogen) atoms. The van der Waals surface area contributed by atoms with E-state index in [2.05, 4.69) is 31.8 Å². The van der Waals surface area contributed by atoms with E-state index in [1.165, 1.54) is 6.21 Å². The molecule has 0 bridgehead atoms. The lowest BCUT2D eigenvalue weighted by atomic mass is 10.2. The maximum Gasteiger partial charge on any atom is 0.329 e. The molecule has 0 spiro atoms. The summed E-state index contributed by atoms with van der Waals surface area (Å²) in [4.78, 5) is 23.8. The SMILES string of the molecule is Cc1ccc(Cl)cc1NC(=O)C(=O)NN=Cc1cc2c(cc1Br)OCO2. The smallest absolute Gasteiger partial charge is 0.329 e. The van der Waals surface area contributed by atoms with E-state index in [9.17, 15) is 9.59 Å². The Morgan fingerprint density at radius 2 is 1.92 bits per heavy atom. The fourth-order valence-electron chi connectivity index (χ4n) is 2.15. The molecule has 2 aromatic carbocycles. The third-order valence-corrected chi connectivity index (χ3v) is 4.44. The number of hydrogen-bond acceptors (Lipinski definition) is 5. The van der Waals surface area contributed by atoms with Gasteiger partial charge in [-0.05, 0) is 52.7 Å². The first-order valence-electron chi connectivity index (χ1n) is 7.44. The lowest BCUT2D eigenvalue weighted by Gasteiger charge is -2.07. The average Bonchev–Trinajstić information content (AvgIpc) is 3.05. The molecule has 0 saturated heterocycles. The van der Waals surface area contributed by atoms with Gasteiger partial charge in [0.2, 0.25) is 6.79 Å². The number of nitrogens with one attached hydrogen (secondary N) is 2. The van der Waals surface area contributed by atoms with Crippen molar-refractivity contribution in [1.82, 2.24) is 5.43 Å². The van der Waals surface area contributed by atoms with Crippen LogP contribution >= 0.6 is 27.5 Å². The Labute approximate surface area is 162 Å². The molecule has 3 rings (SSSR count). The highest BCUT2D eigenvalue weighted by atomic mass is 79.9. The van der Waals surface area contributed by atoms with Gasteiger partial charge in [0.25, 0.3) is 0 Å². The van der Waals surface area contributed by atoms with Crippen molar-refractivity contribution in [2.45, 2.75) is 6.92 Å². The van der Waals surface area contributed by atoms with Gasteiger partial charge in [-0.3, -0.25) is 9.59 Å². The van der Waals surface area contributed by atoms with Crippen LogP contribution in [0.4, 0.5) is 5.69 Å². The number of anilines is 1. The van der Waals surface area contributed by atoms with Gasteiger partial charge in [0.05, 0.1) is 6.21 Å². The van der Waals surface area contributed by atoms with Crippen molar-refractivity contribution < 1.29 is 19.1 Å². The summed E-state index contributed by atoms with van der Waals surface area (Å²) in [6.45, 7) is 1.95. The van der Waals surface area contributed by atoms with Crippen molar-refractivity contribution in [1.29, 1.82) is 0 Å². The molecular formula is C17H13BrClN3O4. The van der Waals surface area contributed by atoms with Gasteiger partial charge in [0, 0.05) is 20.7 Å². The van der Waals surface area contributed by atoms with E-state index >= 15 is 0 Å². The van der Waals surface area contributed by atoms with Gasteiger partial charge in [-0.15, -0.1) is 0 Å². The third-order valence-electron chi connectivity index (χ3n) is 3.52. The number of hydrogen-bond donors (Lipinski definition) is 2. The highest BCUT2D eigenvalue weighted by Gasteiger charge is 2.16. The maximum absolute atomic E-state index is 12.0. The van der Waals surface area contributed by atoms with Crippen LogP contribution in [0.15, 0.2) is 39.9 Å². The second kappa shape index (κ2) is 7.76. The Kier molecular flexibility index (Phi) is 5.43. The van der Waals surface area contributed by atoms with E-state index in [-0.39, 0.29) is 6.79 Å². The van der Waals surface area contributed by atoms with Crippen LogP contribution in [-0.2, 0) is 9.59 Å². The standard InChI is InChI=1S/C17H13BrClN3O4/c1-9-2-3-11(19)5-13(9)21-16(23)17(24)22-20-7-10-4-14-15(6-12(10)18)26-8-25-14/h2-7H,8H2,1H3,(H,21,23)(H,22,24). The Morgan fingerprint density at radius 3 is 2.69 bits per heavy atom. The number of hydrazone groups is 1.